The zero-order valence-electron chi connectivity index (χ0n) is 22.8. The first-order valence-corrected chi connectivity index (χ1v) is 15.8. The number of imidazole rings is 1. The normalized spacial score (nSPS) is 22.2. The lowest BCUT2D eigenvalue weighted by Crippen LogP contribution is -2.37. The number of hydrogen-bond donors (Lipinski definition) is 2. The molecule has 2 aliphatic heterocycles. The lowest BCUT2D eigenvalue weighted by Gasteiger charge is -2.28. The number of nitrogens with two attached hydrogens (primary N) is 1. The summed E-state index contributed by atoms with van der Waals surface area (Å²) >= 11 is 0. The van der Waals surface area contributed by atoms with Gasteiger partial charge >= 0.3 is 0 Å². The molecule has 0 spiro atoms. The molecule has 0 amide bonds. The van der Waals surface area contributed by atoms with Crippen molar-refractivity contribution in [2.45, 2.75) is 57.4 Å². The second-order valence-corrected chi connectivity index (χ2v) is 12.4. The number of morpholine rings is 1. The van der Waals surface area contributed by atoms with E-state index in [9.17, 15) is 13.0 Å². The van der Waals surface area contributed by atoms with Gasteiger partial charge < -0.3 is 20.7 Å². The molecule has 1 saturated carbocycles. The zero-order valence-corrected chi connectivity index (χ0v) is 23.6. The molecule has 0 unspecified atom stereocenters. The topological polar surface area (TPSA) is 111 Å². The van der Waals surface area contributed by atoms with Crippen LogP contribution < -0.4 is 16.0 Å². The van der Waals surface area contributed by atoms with Crippen LogP contribution in [0.4, 0.5) is 20.5 Å². The molecule has 1 aromatic carbocycles. The van der Waals surface area contributed by atoms with E-state index in [4.69, 9.17) is 15.5 Å². The minimum Gasteiger partial charge on any atom is -0.378 e. The molecule has 1 aliphatic carbocycles. The number of halogens is 2. The monoisotopic (exact) mass is 575 g/mol. The first-order chi connectivity index (χ1) is 19.5. The number of nitrogens with zero attached hydrogens (tertiary/aromatic N) is 5. The number of para-hydroxylation sites is 2. The number of aromatic nitrogens is 4. The van der Waals surface area contributed by atoms with Crippen LogP contribution in [0.5, 0.6) is 0 Å². The summed E-state index contributed by atoms with van der Waals surface area (Å²) in [4.78, 5) is 15.7. The minimum absolute atomic E-state index is 0.309. The minimum atomic E-state index is -2.72. The average Bonchev–Trinajstić information content (AvgIpc) is 3.39. The van der Waals surface area contributed by atoms with Gasteiger partial charge in [0.25, 0.3) is 6.43 Å². The van der Waals surface area contributed by atoms with E-state index in [1.807, 2.05) is 6.07 Å². The number of nitrogens with one attached hydrogen (secondary N) is 1. The van der Waals surface area contributed by atoms with Gasteiger partial charge in [0.15, 0.2) is 5.82 Å². The molecule has 9 nitrogen and oxygen atoms in total. The van der Waals surface area contributed by atoms with Crippen LogP contribution >= 0.6 is 0 Å². The number of rotatable bonds is 6. The standard InChI is InChI=1S/C23H28F2N6O.C5H11NOS/c24-21(25)22-27-17-8-4-5-9-18(17)31(22)20-14-19(30-10-12-32-13-11-30)28-23(29-20)26-15-16-6-2-1-3-7-16;6-5-1-3-8(7)4-2-5/h4-5,8-9,14,16,21H,1-3,6-7,10-13,15H2,(H,26,28,29);5H,1-4,6H2. The third kappa shape index (κ3) is 7.32. The molecule has 3 N–H and O–H groups in total. The first-order valence-electron chi connectivity index (χ1n) is 14.3. The Morgan fingerprint density at radius 2 is 1.70 bits per heavy atom. The van der Waals surface area contributed by atoms with E-state index in [-0.39, 0.29) is 5.82 Å². The molecule has 3 aliphatic rings. The van der Waals surface area contributed by atoms with Crippen molar-refractivity contribution in [1.82, 2.24) is 19.5 Å². The van der Waals surface area contributed by atoms with Crippen LogP contribution in [0.1, 0.15) is 57.2 Å². The van der Waals surface area contributed by atoms with Gasteiger partial charge in [0, 0.05) is 54.0 Å². The largest absolute Gasteiger partial charge is 0.378 e. The summed E-state index contributed by atoms with van der Waals surface area (Å²) in [5.41, 5.74) is 6.69. The second-order valence-electron chi connectivity index (χ2n) is 10.7. The van der Waals surface area contributed by atoms with E-state index < -0.39 is 17.2 Å². The van der Waals surface area contributed by atoms with E-state index in [2.05, 4.69) is 20.2 Å². The fraction of sp³-hybridized carbons (Fsp3) is 0.607. The highest BCUT2D eigenvalue weighted by atomic mass is 32.2. The van der Waals surface area contributed by atoms with Crippen LogP contribution in [0.25, 0.3) is 16.9 Å². The highest BCUT2D eigenvalue weighted by molar-refractivity contribution is 7.85. The average molecular weight is 576 g/mol. The summed E-state index contributed by atoms with van der Waals surface area (Å²) in [5, 5.41) is 3.39. The number of ether oxygens (including phenoxy) is 1. The Kier molecular flexibility index (Phi) is 9.92. The molecule has 4 heterocycles. The van der Waals surface area contributed by atoms with Crippen LogP contribution in [0.3, 0.4) is 0 Å². The molecular weight excluding hydrogens is 536 g/mol. The van der Waals surface area contributed by atoms with Crippen molar-refractivity contribution in [1.29, 1.82) is 0 Å². The number of alkyl halides is 2. The summed E-state index contributed by atoms with van der Waals surface area (Å²) in [5.74, 6) is 3.50. The van der Waals surface area contributed by atoms with Gasteiger partial charge in [-0.3, -0.25) is 8.78 Å². The quantitative estimate of drug-likeness (QED) is 0.444. The molecule has 0 bridgehead atoms. The van der Waals surface area contributed by atoms with Crippen molar-refractivity contribution >= 4 is 33.6 Å². The summed E-state index contributed by atoms with van der Waals surface area (Å²) in [6.07, 6.45) is 5.39. The highest BCUT2D eigenvalue weighted by Gasteiger charge is 2.23. The van der Waals surface area contributed by atoms with Crippen LogP contribution in [0.2, 0.25) is 0 Å². The highest BCUT2D eigenvalue weighted by Crippen LogP contribution is 2.30. The van der Waals surface area contributed by atoms with Crippen LogP contribution in [0, 0.1) is 5.92 Å². The maximum absolute atomic E-state index is 13.9. The Hall–Kier alpha value is -2.70. The van der Waals surface area contributed by atoms with Crippen molar-refractivity contribution in [3.8, 4) is 5.82 Å². The SMILES string of the molecule is FC(F)c1nc2ccccc2n1-c1cc(N2CCOCC2)nc(NCC2CCCCC2)n1.NC1CCS(=O)CC1. The van der Waals surface area contributed by atoms with Gasteiger partial charge in [-0.15, -0.1) is 0 Å². The third-order valence-corrected chi connectivity index (χ3v) is 9.13. The molecule has 0 atom stereocenters. The van der Waals surface area contributed by atoms with Gasteiger partial charge in [0.2, 0.25) is 5.95 Å². The molecule has 3 fully saturated rings. The number of benzene rings is 1. The van der Waals surface area contributed by atoms with Crippen molar-refractivity contribution in [3.05, 3.63) is 36.2 Å². The van der Waals surface area contributed by atoms with Gasteiger partial charge in [0.1, 0.15) is 11.6 Å². The molecule has 2 aromatic heterocycles. The Bertz CT molecular complexity index is 1270. The molecule has 218 valence electrons. The zero-order chi connectivity index (χ0) is 27.9. The number of fused-ring (bicyclic) bond motifs is 1. The molecule has 40 heavy (non-hydrogen) atoms. The van der Waals surface area contributed by atoms with Crippen molar-refractivity contribution in [2.75, 3.05) is 54.6 Å². The fourth-order valence-electron chi connectivity index (χ4n) is 5.44. The Morgan fingerprint density at radius 3 is 2.40 bits per heavy atom. The van der Waals surface area contributed by atoms with E-state index >= 15 is 0 Å². The first kappa shape index (κ1) is 28.8. The summed E-state index contributed by atoms with van der Waals surface area (Å²) in [7, 11) is -0.541. The molecule has 12 heteroatoms. The predicted molar refractivity (Wildman–Crippen MR) is 155 cm³/mol. The van der Waals surface area contributed by atoms with Crippen molar-refractivity contribution in [2.24, 2.45) is 11.7 Å². The van der Waals surface area contributed by atoms with Gasteiger partial charge in [0.05, 0.1) is 24.2 Å². The molecule has 3 aromatic rings. The van der Waals surface area contributed by atoms with E-state index in [0.29, 0.717) is 66.9 Å². The van der Waals surface area contributed by atoms with Gasteiger partial charge in [-0.2, -0.15) is 9.97 Å². The van der Waals surface area contributed by atoms with Crippen LogP contribution in [-0.4, -0.2) is 74.1 Å². The molecule has 2 saturated heterocycles. The molecule has 6 rings (SSSR count). The van der Waals surface area contributed by atoms with Crippen LogP contribution in [0.15, 0.2) is 30.3 Å². The Morgan fingerprint density at radius 1 is 1.00 bits per heavy atom. The van der Waals surface area contributed by atoms with Crippen LogP contribution in [-0.2, 0) is 15.5 Å². The van der Waals surface area contributed by atoms with Gasteiger partial charge in [-0.05, 0) is 43.7 Å². The lowest BCUT2D eigenvalue weighted by atomic mass is 9.89. The third-order valence-electron chi connectivity index (χ3n) is 7.75. The number of hydrogen-bond acceptors (Lipinski definition) is 8. The van der Waals surface area contributed by atoms with E-state index in [1.54, 1.807) is 24.3 Å². The van der Waals surface area contributed by atoms with E-state index in [1.165, 1.54) is 36.7 Å². The van der Waals surface area contributed by atoms with Crippen molar-refractivity contribution in [3.63, 3.8) is 0 Å². The Balaban J connectivity index is 0.000000348. The predicted octanol–water partition coefficient (Wildman–Crippen LogP) is 4.44. The summed E-state index contributed by atoms with van der Waals surface area (Å²) in [6, 6.07) is 9.25. The molecular formula is C28H39F2N7O2S. The Labute approximate surface area is 236 Å². The van der Waals surface area contributed by atoms with Gasteiger partial charge in [-0.1, -0.05) is 31.4 Å². The maximum Gasteiger partial charge on any atom is 0.296 e. The number of anilines is 2. The van der Waals surface area contributed by atoms with Gasteiger partial charge in [-0.25, -0.2) is 13.8 Å². The summed E-state index contributed by atoms with van der Waals surface area (Å²) < 4.78 is 45.5. The second kappa shape index (κ2) is 13.8. The fourth-order valence-corrected chi connectivity index (χ4v) is 6.78. The van der Waals surface area contributed by atoms with E-state index in [0.717, 1.165) is 30.9 Å². The summed E-state index contributed by atoms with van der Waals surface area (Å²) in [6.45, 7) is 3.41. The molecule has 0 radical (unpaired) electrons. The lowest BCUT2D eigenvalue weighted by molar-refractivity contribution is 0.122. The van der Waals surface area contributed by atoms with Crippen molar-refractivity contribution < 1.29 is 17.7 Å². The maximum atomic E-state index is 13.9. The smallest absolute Gasteiger partial charge is 0.296 e.